The standard InChI is InChI=1S/C50H96N2O8/c1-3-5-7-9-11-13-15-17-19-21-23-25-27-29-33-37-41-52(45(55)39-35-30-28-26-24-22-20-18-16-14-12-10-8-6-4-2)50-47(49(59)48(58)43(42-53)60-50)51-44(54)38-34-31-32-36-40-46(56)57/h43,47-50,53,58-59H,3-42H2,1-2H3,(H,51,54)(H,56,57)/t43-,47-,48-,49-,50-/m1/s1. The van der Waals surface area contributed by atoms with Crippen LogP contribution in [0, 0.1) is 0 Å². The lowest BCUT2D eigenvalue weighted by Gasteiger charge is -2.47. The van der Waals surface area contributed by atoms with Gasteiger partial charge in [0.05, 0.1) is 6.61 Å². The van der Waals surface area contributed by atoms with Gasteiger partial charge in [0, 0.05) is 25.8 Å². The average Bonchev–Trinajstić information content (AvgIpc) is 3.23. The minimum absolute atomic E-state index is 0.0892. The molecule has 1 fully saturated rings. The second-order valence-corrected chi connectivity index (χ2v) is 18.2. The Bertz CT molecular complexity index is 1010. The molecule has 1 heterocycles. The third kappa shape index (κ3) is 29.5. The topological polar surface area (TPSA) is 157 Å². The molecule has 60 heavy (non-hydrogen) atoms. The van der Waals surface area contributed by atoms with Gasteiger partial charge in [-0.05, 0) is 25.7 Å². The molecule has 1 saturated heterocycles. The number of amides is 2. The Morgan fingerprint density at radius 2 is 0.833 bits per heavy atom. The van der Waals surface area contributed by atoms with E-state index in [1.165, 1.54) is 154 Å². The van der Waals surface area contributed by atoms with Gasteiger partial charge in [0.1, 0.15) is 24.4 Å². The minimum Gasteiger partial charge on any atom is -0.481 e. The van der Waals surface area contributed by atoms with Gasteiger partial charge in [0.2, 0.25) is 11.8 Å². The lowest BCUT2D eigenvalue weighted by molar-refractivity contribution is -0.231. The summed E-state index contributed by atoms with van der Waals surface area (Å²) in [7, 11) is 0. The lowest BCUT2D eigenvalue weighted by atomic mass is 9.94. The first kappa shape index (κ1) is 56.3. The minimum atomic E-state index is -1.42. The summed E-state index contributed by atoms with van der Waals surface area (Å²) in [5.74, 6) is -1.24. The molecular weight excluding hydrogens is 757 g/mol. The Labute approximate surface area is 368 Å². The molecule has 10 nitrogen and oxygen atoms in total. The van der Waals surface area contributed by atoms with Crippen molar-refractivity contribution in [2.45, 2.75) is 288 Å². The van der Waals surface area contributed by atoms with Crippen molar-refractivity contribution in [3.05, 3.63) is 0 Å². The normalized spacial score (nSPS) is 19.1. The molecule has 1 rings (SSSR count). The van der Waals surface area contributed by atoms with Crippen LogP contribution in [0.4, 0.5) is 0 Å². The predicted octanol–water partition coefficient (Wildman–Crippen LogP) is 11.7. The highest BCUT2D eigenvalue weighted by Crippen LogP contribution is 2.26. The van der Waals surface area contributed by atoms with E-state index in [-0.39, 0.29) is 24.7 Å². The third-order valence-corrected chi connectivity index (χ3v) is 12.6. The largest absolute Gasteiger partial charge is 0.481 e. The highest BCUT2D eigenvalue weighted by atomic mass is 16.5. The van der Waals surface area contributed by atoms with Gasteiger partial charge >= 0.3 is 5.97 Å². The van der Waals surface area contributed by atoms with E-state index in [2.05, 4.69) is 19.2 Å². The maximum Gasteiger partial charge on any atom is 0.303 e. The molecule has 0 aliphatic carbocycles. The number of unbranched alkanes of at least 4 members (excludes halogenated alkanes) is 32. The number of nitrogens with zero attached hydrogens (tertiary/aromatic N) is 1. The van der Waals surface area contributed by atoms with Gasteiger partial charge in [-0.1, -0.05) is 213 Å². The van der Waals surface area contributed by atoms with Crippen molar-refractivity contribution in [1.82, 2.24) is 10.2 Å². The SMILES string of the molecule is CCCCCCCCCCCCCCCCCCN(C(=O)CCCCCCCCCCCCCCCCC)[C@@H]1O[C@H](CO)[C@@H](O)[C@H](O)[C@H]1NC(=O)CCCCCCC(=O)O. The number of aliphatic hydroxyl groups is 3. The van der Waals surface area contributed by atoms with Gasteiger partial charge < -0.3 is 35.4 Å². The number of ether oxygens (including phenoxy) is 1. The number of rotatable bonds is 43. The van der Waals surface area contributed by atoms with E-state index in [0.29, 0.717) is 38.6 Å². The quantitative estimate of drug-likeness (QED) is 0.0380. The number of aliphatic hydroxyl groups excluding tert-OH is 3. The fraction of sp³-hybridized carbons (Fsp3) is 0.940. The van der Waals surface area contributed by atoms with Crippen LogP contribution in [-0.4, -0.2) is 86.8 Å². The smallest absolute Gasteiger partial charge is 0.303 e. The monoisotopic (exact) mass is 853 g/mol. The van der Waals surface area contributed by atoms with E-state index in [1.54, 1.807) is 4.90 Å². The van der Waals surface area contributed by atoms with E-state index in [0.717, 1.165) is 44.9 Å². The molecule has 5 atom stereocenters. The number of aliphatic carboxylic acids is 1. The van der Waals surface area contributed by atoms with Gasteiger partial charge in [-0.25, -0.2) is 0 Å². The fourth-order valence-electron chi connectivity index (χ4n) is 8.71. The summed E-state index contributed by atoms with van der Waals surface area (Å²) in [4.78, 5) is 39.6. The number of carboxylic acids is 1. The molecule has 5 N–H and O–H groups in total. The van der Waals surface area contributed by atoms with Crippen molar-refractivity contribution in [1.29, 1.82) is 0 Å². The third-order valence-electron chi connectivity index (χ3n) is 12.6. The van der Waals surface area contributed by atoms with Gasteiger partial charge in [0.25, 0.3) is 0 Å². The molecule has 0 unspecified atom stereocenters. The summed E-state index contributed by atoms with van der Waals surface area (Å²) in [5, 5.41) is 43.9. The second-order valence-electron chi connectivity index (χ2n) is 18.2. The van der Waals surface area contributed by atoms with Crippen molar-refractivity contribution in [3.63, 3.8) is 0 Å². The van der Waals surface area contributed by atoms with Crippen molar-refractivity contribution >= 4 is 17.8 Å². The fourth-order valence-corrected chi connectivity index (χ4v) is 8.71. The van der Waals surface area contributed by atoms with Gasteiger partial charge in [0.15, 0.2) is 6.23 Å². The zero-order valence-electron chi connectivity index (χ0n) is 39.0. The summed E-state index contributed by atoms with van der Waals surface area (Å²) in [5.41, 5.74) is 0. The zero-order chi connectivity index (χ0) is 43.9. The molecule has 0 saturated carbocycles. The molecular formula is C50H96N2O8. The molecule has 1 aliphatic rings. The van der Waals surface area contributed by atoms with Crippen LogP contribution in [0.3, 0.4) is 0 Å². The second kappa shape index (κ2) is 40.1. The number of carbonyl (C=O) groups is 3. The van der Waals surface area contributed by atoms with Crippen LogP contribution in [0.1, 0.15) is 258 Å². The maximum absolute atomic E-state index is 14.0. The number of nitrogens with one attached hydrogen (secondary N) is 1. The van der Waals surface area contributed by atoms with Crippen LogP contribution in [0.25, 0.3) is 0 Å². The first-order valence-electron chi connectivity index (χ1n) is 25.7. The van der Waals surface area contributed by atoms with Crippen molar-refractivity contribution in [2.75, 3.05) is 13.2 Å². The summed E-state index contributed by atoms with van der Waals surface area (Å²) in [6.07, 6.45) is 36.9. The molecule has 0 spiro atoms. The van der Waals surface area contributed by atoms with Crippen LogP contribution < -0.4 is 5.32 Å². The number of carboxylic acid groups (broad SMARTS) is 1. The van der Waals surface area contributed by atoms with Crippen LogP contribution in [0.2, 0.25) is 0 Å². The number of hydrogen-bond donors (Lipinski definition) is 5. The molecule has 0 aromatic heterocycles. The highest BCUT2D eigenvalue weighted by Gasteiger charge is 2.48. The Kier molecular flexibility index (Phi) is 37.6. The first-order valence-corrected chi connectivity index (χ1v) is 25.7. The molecule has 354 valence electrons. The van der Waals surface area contributed by atoms with Gasteiger partial charge in [-0.15, -0.1) is 0 Å². The molecule has 1 aliphatic heterocycles. The van der Waals surface area contributed by atoms with Crippen molar-refractivity contribution < 1.29 is 39.5 Å². The molecule has 2 amide bonds. The van der Waals surface area contributed by atoms with Crippen molar-refractivity contribution in [2.24, 2.45) is 0 Å². The Morgan fingerprint density at radius 1 is 0.483 bits per heavy atom. The molecule has 0 bridgehead atoms. The van der Waals surface area contributed by atoms with E-state index in [4.69, 9.17) is 9.84 Å². The predicted molar refractivity (Wildman–Crippen MR) is 246 cm³/mol. The van der Waals surface area contributed by atoms with Gasteiger partial charge in [-0.2, -0.15) is 0 Å². The first-order chi connectivity index (χ1) is 29.3. The maximum atomic E-state index is 14.0. The summed E-state index contributed by atoms with van der Waals surface area (Å²) in [6.45, 7) is 4.42. The Balaban J connectivity index is 2.65. The van der Waals surface area contributed by atoms with Crippen LogP contribution in [-0.2, 0) is 19.1 Å². The molecule has 0 aromatic carbocycles. The zero-order valence-corrected chi connectivity index (χ0v) is 39.0. The van der Waals surface area contributed by atoms with Crippen molar-refractivity contribution in [3.8, 4) is 0 Å². The van der Waals surface area contributed by atoms with Crippen LogP contribution in [0.15, 0.2) is 0 Å². The van der Waals surface area contributed by atoms with Crippen LogP contribution in [0.5, 0.6) is 0 Å². The van der Waals surface area contributed by atoms with Crippen LogP contribution >= 0.6 is 0 Å². The number of hydrogen-bond acceptors (Lipinski definition) is 7. The van der Waals surface area contributed by atoms with Gasteiger partial charge in [-0.3, -0.25) is 14.4 Å². The molecule has 10 heteroatoms. The van der Waals surface area contributed by atoms with E-state index in [1.807, 2.05) is 0 Å². The molecule has 0 aromatic rings. The molecule has 0 radical (unpaired) electrons. The average molecular weight is 853 g/mol. The highest BCUT2D eigenvalue weighted by molar-refractivity contribution is 5.78. The summed E-state index contributed by atoms with van der Waals surface area (Å²) in [6, 6.07) is -1.05. The Morgan fingerprint density at radius 3 is 1.22 bits per heavy atom. The van der Waals surface area contributed by atoms with E-state index in [9.17, 15) is 29.7 Å². The van der Waals surface area contributed by atoms with E-state index < -0.39 is 43.2 Å². The number of carbonyl (C=O) groups excluding carboxylic acids is 2. The Hall–Kier alpha value is -1.75. The lowest BCUT2D eigenvalue weighted by Crippen LogP contribution is -2.68. The summed E-state index contributed by atoms with van der Waals surface area (Å²) < 4.78 is 6.18. The van der Waals surface area contributed by atoms with E-state index >= 15 is 0 Å². The summed E-state index contributed by atoms with van der Waals surface area (Å²) >= 11 is 0.